The minimum absolute atomic E-state index is 0.0851. The number of aromatic nitrogens is 4. The van der Waals surface area contributed by atoms with Crippen molar-refractivity contribution >= 4 is 11.8 Å². The lowest BCUT2D eigenvalue weighted by molar-refractivity contribution is -0.302. The summed E-state index contributed by atoms with van der Waals surface area (Å²) in [7, 11) is 3.41. The Hall–Kier alpha value is -4.07. The van der Waals surface area contributed by atoms with Crippen LogP contribution in [0, 0.1) is 23.7 Å². The van der Waals surface area contributed by atoms with Crippen molar-refractivity contribution < 1.29 is 54.1 Å². The average molecular weight is 926 g/mol. The fourth-order valence-electron chi connectivity index (χ4n) is 9.85. The number of ketones is 1. The molecule has 5 rings (SSSR count). The van der Waals surface area contributed by atoms with Crippen LogP contribution in [0.1, 0.15) is 106 Å². The van der Waals surface area contributed by atoms with Gasteiger partial charge in [-0.3, -0.25) is 24.0 Å². The number of cyclic esters (lactones) is 1. The average Bonchev–Trinajstić information content (AvgIpc) is 3.77. The standard InChI is InChI=1S/C49H75N5O12/c1-11-39-49(8,62)43(59)31(4)40(56)29(2)26-48(7,63-10)44(32(5)41(57)33(6)46(61)65-39)66-47-42(58)37(25-30(3)64-47)52(9)27-34-18-20-35(21-19-34)36-28-54(51-50-36)24-15-13-12-14-22-53-23-16-17-38(55)45(53)60/h16-21,23,28-33,37,39,41-44,47,55,57-59,62H,11-15,22,24-27H2,1-10H3/t29-,30-,31+,32+,33-,37+,39-,41+,42-,43-,44-,47+,48-,49-/m1/s1. The van der Waals surface area contributed by atoms with Crippen molar-refractivity contribution in [2.45, 2.75) is 180 Å². The molecule has 0 unspecified atom stereocenters. The number of aliphatic hydroxyl groups is 4. The van der Waals surface area contributed by atoms with Crippen molar-refractivity contribution in [2.75, 3.05) is 14.2 Å². The number of aryl methyl sites for hydroxylation is 2. The molecule has 4 heterocycles. The van der Waals surface area contributed by atoms with E-state index in [4.69, 9.17) is 18.9 Å². The Morgan fingerprint density at radius 3 is 2.24 bits per heavy atom. The number of nitrogens with zero attached hydrogens (tertiary/aromatic N) is 5. The normalized spacial score (nSPS) is 34.0. The predicted molar refractivity (Wildman–Crippen MR) is 246 cm³/mol. The minimum Gasteiger partial charge on any atom is -0.503 e. The lowest BCUT2D eigenvalue weighted by Gasteiger charge is -2.48. The molecule has 3 aromatic rings. The van der Waals surface area contributed by atoms with Crippen LogP contribution in [0.15, 0.2) is 53.6 Å². The Bertz CT molecular complexity index is 2090. The second-order valence-corrected chi connectivity index (χ2v) is 19.4. The van der Waals surface area contributed by atoms with Crippen molar-refractivity contribution in [1.29, 1.82) is 0 Å². The summed E-state index contributed by atoms with van der Waals surface area (Å²) in [5.41, 5.74) is -0.931. The molecule has 66 heavy (non-hydrogen) atoms. The molecule has 14 atom stereocenters. The largest absolute Gasteiger partial charge is 0.503 e. The van der Waals surface area contributed by atoms with Crippen LogP contribution >= 0.6 is 0 Å². The molecule has 5 N–H and O–H groups in total. The maximum atomic E-state index is 13.9. The van der Waals surface area contributed by atoms with Crippen LogP contribution in [-0.2, 0) is 48.2 Å². The zero-order chi connectivity index (χ0) is 48.7. The van der Waals surface area contributed by atoms with Crippen molar-refractivity contribution in [3.63, 3.8) is 0 Å². The summed E-state index contributed by atoms with van der Waals surface area (Å²) in [6.45, 7) is 15.0. The Labute approximate surface area is 389 Å². The van der Waals surface area contributed by atoms with Gasteiger partial charge in [0.2, 0.25) is 0 Å². The summed E-state index contributed by atoms with van der Waals surface area (Å²) < 4.78 is 28.3. The number of aromatic hydroxyl groups is 1. The van der Waals surface area contributed by atoms with Gasteiger partial charge in [0.05, 0.1) is 42.1 Å². The van der Waals surface area contributed by atoms with Gasteiger partial charge in [0, 0.05) is 62.3 Å². The molecule has 17 nitrogen and oxygen atoms in total. The SMILES string of the molecule is CC[C@H]1OC(=O)[C@H](C)[C@@H](O)[C@H](C)[C@@H](O[C@@H]2O[C@H](C)C[C@H](N(C)Cc3ccc(-c4cn(CCCCCCn5cccc(O)c5=O)nn4)cc3)[C@H]2O)[C@](C)(OC)C[C@@H](C)C(=O)[C@H](C)[C@@H](O)[C@]1(C)O. The van der Waals surface area contributed by atoms with E-state index in [2.05, 4.69) is 15.2 Å². The molecule has 17 heteroatoms. The molecule has 0 spiro atoms. The number of esters is 1. The van der Waals surface area contributed by atoms with Gasteiger partial charge in [-0.15, -0.1) is 5.10 Å². The first-order chi connectivity index (χ1) is 31.1. The second-order valence-electron chi connectivity index (χ2n) is 19.4. The highest BCUT2D eigenvalue weighted by atomic mass is 16.7. The molecule has 0 bridgehead atoms. The van der Waals surface area contributed by atoms with Crippen LogP contribution in [0.5, 0.6) is 5.75 Å². The first-order valence-electron chi connectivity index (χ1n) is 23.6. The first kappa shape index (κ1) is 52.9. The smallest absolute Gasteiger partial charge is 0.311 e. The third kappa shape index (κ3) is 12.3. The number of benzene rings is 1. The van der Waals surface area contributed by atoms with Crippen LogP contribution in [0.3, 0.4) is 0 Å². The summed E-state index contributed by atoms with van der Waals surface area (Å²) in [5, 5.41) is 65.0. The Kier molecular flexibility index (Phi) is 18.3. The van der Waals surface area contributed by atoms with Crippen LogP contribution in [0.25, 0.3) is 11.3 Å². The molecule has 2 aromatic heterocycles. The Morgan fingerprint density at radius 1 is 0.924 bits per heavy atom. The number of likely N-dealkylation sites (N-methyl/N-ethyl adjacent to an activating group) is 1. The molecular weight excluding hydrogens is 851 g/mol. The topological polar surface area (TPSA) is 228 Å². The summed E-state index contributed by atoms with van der Waals surface area (Å²) in [5.74, 6) is -5.02. The van der Waals surface area contributed by atoms with Crippen LogP contribution in [-0.4, -0.2) is 136 Å². The van der Waals surface area contributed by atoms with Crippen LogP contribution in [0.4, 0.5) is 0 Å². The summed E-state index contributed by atoms with van der Waals surface area (Å²) in [6, 6.07) is 10.7. The first-order valence-corrected chi connectivity index (χ1v) is 23.6. The maximum absolute atomic E-state index is 13.9. The summed E-state index contributed by atoms with van der Waals surface area (Å²) >= 11 is 0. The predicted octanol–water partition coefficient (Wildman–Crippen LogP) is 4.47. The van der Waals surface area contributed by atoms with Crippen LogP contribution < -0.4 is 5.56 Å². The lowest BCUT2D eigenvalue weighted by atomic mass is 9.74. The zero-order valence-electron chi connectivity index (χ0n) is 40.4. The number of unbranched alkanes of at least 4 members (excludes halogenated alkanes) is 3. The third-order valence-electron chi connectivity index (χ3n) is 14.2. The number of rotatable bonds is 15. The number of hydrogen-bond acceptors (Lipinski definition) is 15. The van der Waals surface area contributed by atoms with Gasteiger partial charge in [-0.1, -0.05) is 70.0 Å². The van der Waals surface area contributed by atoms with E-state index in [1.165, 1.54) is 38.5 Å². The number of hydrogen-bond donors (Lipinski definition) is 5. The van der Waals surface area contributed by atoms with Gasteiger partial charge in [0.15, 0.2) is 12.0 Å². The van der Waals surface area contributed by atoms with Gasteiger partial charge in [0.25, 0.3) is 5.56 Å². The quantitative estimate of drug-likeness (QED) is 0.105. The van der Waals surface area contributed by atoms with Gasteiger partial charge < -0.3 is 49.0 Å². The van der Waals surface area contributed by atoms with Gasteiger partial charge in [0.1, 0.15) is 29.3 Å². The number of pyridine rings is 1. The van der Waals surface area contributed by atoms with E-state index in [1.54, 1.807) is 40.0 Å². The Balaban J connectivity index is 1.25. The molecule has 2 fully saturated rings. The highest BCUT2D eigenvalue weighted by Crippen LogP contribution is 2.39. The van der Waals surface area contributed by atoms with E-state index in [9.17, 15) is 39.9 Å². The minimum atomic E-state index is -1.96. The zero-order valence-corrected chi connectivity index (χ0v) is 40.4. The molecule has 0 saturated carbocycles. The third-order valence-corrected chi connectivity index (χ3v) is 14.2. The molecule has 368 valence electrons. The second kappa shape index (κ2) is 22.8. The van der Waals surface area contributed by atoms with Crippen molar-refractivity contribution in [3.05, 3.63) is 64.7 Å². The fraction of sp³-hybridized carbons (Fsp3) is 0.694. The molecule has 0 amide bonds. The molecular formula is C49H75N5O12. The van der Waals surface area contributed by atoms with Gasteiger partial charge in [-0.05, 0) is 84.5 Å². The van der Waals surface area contributed by atoms with E-state index < -0.39 is 83.7 Å². The maximum Gasteiger partial charge on any atom is 0.311 e. The van der Waals surface area contributed by atoms with E-state index >= 15 is 0 Å². The van der Waals surface area contributed by atoms with E-state index in [-0.39, 0.29) is 36.0 Å². The molecule has 2 aliphatic heterocycles. The number of Topliss-reactive ketones (excluding diaryl/α,β-unsaturated/α-hetero) is 1. The van der Waals surface area contributed by atoms with Gasteiger partial charge in [-0.25, -0.2) is 0 Å². The number of aliphatic hydroxyl groups excluding tert-OH is 3. The summed E-state index contributed by atoms with van der Waals surface area (Å²) in [4.78, 5) is 41.6. The molecule has 0 radical (unpaired) electrons. The number of carbonyl (C=O) groups excluding carboxylic acids is 2. The van der Waals surface area contributed by atoms with E-state index in [1.807, 2.05) is 49.1 Å². The number of methoxy groups -OCH3 is 1. The number of carbonyl (C=O) groups is 2. The van der Waals surface area contributed by atoms with Gasteiger partial charge >= 0.3 is 5.97 Å². The van der Waals surface area contributed by atoms with Crippen LogP contribution in [0.2, 0.25) is 0 Å². The van der Waals surface area contributed by atoms with E-state index in [0.29, 0.717) is 26.1 Å². The van der Waals surface area contributed by atoms with Crippen molar-refractivity contribution in [2.24, 2.45) is 23.7 Å². The van der Waals surface area contributed by atoms with Crippen molar-refractivity contribution in [3.8, 4) is 17.0 Å². The highest BCUT2D eigenvalue weighted by Gasteiger charge is 2.52. The lowest BCUT2D eigenvalue weighted by Crippen LogP contribution is -2.60. The number of ether oxygens (including phenoxy) is 4. The summed E-state index contributed by atoms with van der Waals surface area (Å²) in [6.07, 6.45) is 0.230. The molecule has 1 aromatic carbocycles. The Morgan fingerprint density at radius 2 is 1.59 bits per heavy atom. The van der Waals surface area contributed by atoms with Crippen molar-refractivity contribution in [1.82, 2.24) is 24.5 Å². The van der Waals surface area contributed by atoms with Gasteiger partial charge in [-0.2, -0.15) is 0 Å². The molecule has 2 aliphatic rings. The molecule has 2 saturated heterocycles. The highest BCUT2D eigenvalue weighted by molar-refractivity contribution is 5.83. The van der Waals surface area contributed by atoms with E-state index in [0.717, 1.165) is 42.5 Å². The molecule has 0 aliphatic carbocycles. The fourth-order valence-corrected chi connectivity index (χ4v) is 9.85. The monoisotopic (exact) mass is 926 g/mol.